The molecule has 1 unspecified atom stereocenters. The van der Waals surface area contributed by atoms with E-state index >= 15 is 0 Å². The van der Waals surface area contributed by atoms with Crippen LogP contribution in [0.3, 0.4) is 0 Å². The summed E-state index contributed by atoms with van der Waals surface area (Å²) < 4.78 is 0. The molecule has 3 aromatic rings. The van der Waals surface area contributed by atoms with Gasteiger partial charge in [0.2, 0.25) is 0 Å². The monoisotopic (exact) mass is 429 g/mol. The Morgan fingerprint density at radius 3 is 2.66 bits per heavy atom. The highest BCUT2D eigenvalue weighted by molar-refractivity contribution is 6.42. The summed E-state index contributed by atoms with van der Waals surface area (Å²) in [5, 5.41) is 11.4. The first-order valence-electron chi connectivity index (χ1n) is 9.56. The van der Waals surface area contributed by atoms with Crippen LogP contribution in [-0.4, -0.2) is 34.1 Å². The molecule has 0 bridgehead atoms. The highest BCUT2D eigenvalue weighted by atomic mass is 35.5. The molecule has 1 N–H and O–H groups in total. The van der Waals surface area contributed by atoms with E-state index in [1.807, 2.05) is 38.1 Å². The largest absolute Gasteiger partial charge is 0.481 e. The zero-order chi connectivity index (χ0) is 20.7. The minimum absolute atomic E-state index is 0.396. The first-order chi connectivity index (χ1) is 13.8. The van der Waals surface area contributed by atoms with Gasteiger partial charge in [0.1, 0.15) is 11.6 Å². The fraction of sp³-hybridized carbons (Fsp3) is 0.318. The van der Waals surface area contributed by atoms with Gasteiger partial charge in [-0.3, -0.25) is 4.79 Å². The summed E-state index contributed by atoms with van der Waals surface area (Å²) >= 11 is 12.4. The SMILES string of the molecule is Cc1nc(N2CCCC(C(=O)O)C2)c2c(-c3ccc(Cl)c(Cl)c3)ccc(C)c2n1. The van der Waals surface area contributed by atoms with Gasteiger partial charge >= 0.3 is 5.97 Å². The molecule has 1 atom stereocenters. The Bertz CT molecular complexity index is 1120. The maximum Gasteiger partial charge on any atom is 0.308 e. The van der Waals surface area contributed by atoms with Crippen molar-refractivity contribution in [3.05, 3.63) is 51.8 Å². The van der Waals surface area contributed by atoms with Crippen LogP contribution >= 0.6 is 23.2 Å². The van der Waals surface area contributed by atoms with Crippen molar-refractivity contribution in [3.8, 4) is 11.1 Å². The molecule has 0 aliphatic carbocycles. The molecule has 0 amide bonds. The smallest absolute Gasteiger partial charge is 0.308 e. The number of nitrogens with zero attached hydrogens (tertiary/aromatic N) is 3. The number of aliphatic carboxylic acids is 1. The van der Waals surface area contributed by atoms with Gasteiger partial charge in [0.05, 0.1) is 26.9 Å². The lowest BCUT2D eigenvalue weighted by molar-refractivity contribution is -0.141. The molecule has 4 rings (SSSR count). The highest BCUT2D eigenvalue weighted by Gasteiger charge is 2.28. The number of aryl methyl sites for hydroxylation is 2. The average Bonchev–Trinajstić information content (AvgIpc) is 2.70. The van der Waals surface area contributed by atoms with Crippen LogP contribution in [0.2, 0.25) is 10.0 Å². The zero-order valence-electron chi connectivity index (χ0n) is 16.2. The molecule has 150 valence electrons. The van der Waals surface area contributed by atoms with Gasteiger partial charge in [-0.25, -0.2) is 9.97 Å². The van der Waals surface area contributed by atoms with Crippen molar-refractivity contribution >= 4 is 45.9 Å². The van der Waals surface area contributed by atoms with Gasteiger partial charge in [0, 0.05) is 13.1 Å². The number of carboxylic acid groups (broad SMARTS) is 1. The minimum Gasteiger partial charge on any atom is -0.481 e. The van der Waals surface area contributed by atoms with E-state index < -0.39 is 11.9 Å². The molecule has 1 aromatic heterocycles. The summed E-state index contributed by atoms with van der Waals surface area (Å²) in [6.45, 7) is 5.10. The standard InChI is InChI=1S/C22H21Cl2N3O2/c1-12-5-7-16(14-6-8-17(23)18(24)10-14)19-20(12)25-13(2)26-21(19)27-9-3-4-15(11-27)22(28)29/h5-8,10,15H,3-4,9,11H2,1-2H3,(H,28,29). The zero-order valence-corrected chi connectivity index (χ0v) is 17.8. The molecule has 1 saturated heterocycles. The second-order valence-corrected chi connectivity index (χ2v) is 8.31. The number of aromatic nitrogens is 2. The van der Waals surface area contributed by atoms with Crippen molar-refractivity contribution in [2.24, 2.45) is 5.92 Å². The molecule has 1 fully saturated rings. The molecule has 7 heteroatoms. The lowest BCUT2D eigenvalue weighted by Gasteiger charge is -2.33. The Hall–Kier alpha value is -2.37. The van der Waals surface area contributed by atoms with E-state index in [0.29, 0.717) is 28.8 Å². The quantitative estimate of drug-likeness (QED) is 0.593. The molecule has 1 aliphatic heterocycles. The molecule has 0 radical (unpaired) electrons. The van der Waals surface area contributed by atoms with Gasteiger partial charge in [-0.1, -0.05) is 41.4 Å². The predicted molar refractivity (Wildman–Crippen MR) is 117 cm³/mol. The summed E-state index contributed by atoms with van der Waals surface area (Å²) in [6, 6.07) is 9.62. The number of hydrogen-bond donors (Lipinski definition) is 1. The van der Waals surface area contributed by atoms with Crippen molar-refractivity contribution in [1.29, 1.82) is 0 Å². The first kappa shape index (κ1) is 19.9. The molecule has 2 aromatic carbocycles. The third kappa shape index (κ3) is 3.77. The molecule has 2 heterocycles. The van der Waals surface area contributed by atoms with Crippen molar-refractivity contribution < 1.29 is 9.90 Å². The average molecular weight is 430 g/mol. The number of carbonyl (C=O) groups is 1. The van der Waals surface area contributed by atoms with Crippen molar-refractivity contribution in [3.63, 3.8) is 0 Å². The maximum atomic E-state index is 11.6. The minimum atomic E-state index is -0.759. The van der Waals surface area contributed by atoms with Crippen LogP contribution in [0.4, 0.5) is 5.82 Å². The number of anilines is 1. The van der Waals surface area contributed by atoms with E-state index in [2.05, 4.69) is 4.90 Å². The summed E-state index contributed by atoms with van der Waals surface area (Å²) in [7, 11) is 0. The summed E-state index contributed by atoms with van der Waals surface area (Å²) in [5.74, 6) is 0.292. The molecular formula is C22H21Cl2N3O2. The lowest BCUT2D eigenvalue weighted by atomic mass is 9.95. The van der Waals surface area contributed by atoms with E-state index in [0.717, 1.165) is 46.4 Å². The van der Waals surface area contributed by atoms with Crippen LogP contribution in [-0.2, 0) is 4.79 Å². The Balaban J connectivity index is 1.95. The van der Waals surface area contributed by atoms with Crippen LogP contribution < -0.4 is 4.90 Å². The summed E-state index contributed by atoms with van der Waals surface area (Å²) in [6.07, 6.45) is 1.50. The third-order valence-corrected chi connectivity index (χ3v) is 6.18. The van der Waals surface area contributed by atoms with Crippen molar-refractivity contribution in [2.75, 3.05) is 18.0 Å². The molecule has 5 nitrogen and oxygen atoms in total. The van der Waals surface area contributed by atoms with Gasteiger partial charge in [-0.2, -0.15) is 0 Å². The second-order valence-electron chi connectivity index (χ2n) is 7.50. The van der Waals surface area contributed by atoms with Crippen LogP contribution in [0, 0.1) is 19.8 Å². The number of carboxylic acids is 1. The van der Waals surface area contributed by atoms with E-state index in [-0.39, 0.29) is 0 Å². The van der Waals surface area contributed by atoms with Crippen LogP contribution in [0.25, 0.3) is 22.0 Å². The van der Waals surface area contributed by atoms with E-state index in [9.17, 15) is 9.90 Å². The molecule has 0 spiro atoms. The van der Waals surface area contributed by atoms with E-state index in [1.165, 1.54) is 0 Å². The van der Waals surface area contributed by atoms with Crippen molar-refractivity contribution in [1.82, 2.24) is 9.97 Å². The maximum absolute atomic E-state index is 11.6. The van der Waals surface area contributed by atoms with Gasteiger partial charge in [0.25, 0.3) is 0 Å². The van der Waals surface area contributed by atoms with Gasteiger partial charge < -0.3 is 10.0 Å². The molecule has 29 heavy (non-hydrogen) atoms. The van der Waals surface area contributed by atoms with E-state index in [1.54, 1.807) is 6.07 Å². The molecular weight excluding hydrogens is 409 g/mol. The topological polar surface area (TPSA) is 66.3 Å². The lowest BCUT2D eigenvalue weighted by Crippen LogP contribution is -2.39. The number of halogens is 2. The second kappa shape index (κ2) is 7.81. The van der Waals surface area contributed by atoms with Gasteiger partial charge in [0.15, 0.2) is 0 Å². The number of hydrogen-bond acceptors (Lipinski definition) is 4. The van der Waals surface area contributed by atoms with Gasteiger partial charge in [-0.15, -0.1) is 0 Å². The Labute approximate surface area is 179 Å². The Morgan fingerprint density at radius 1 is 1.14 bits per heavy atom. The summed E-state index contributed by atoms with van der Waals surface area (Å²) in [5.41, 5.74) is 3.79. The van der Waals surface area contributed by atoms with Crippen LogP contribution in [0.5, 0.6) is 0 Å². The number of piperidine rings is 1. The molecule has 1 aliphatic rings. The predicted octanol–water partition coefficient (Wildman–Crippen LogP) is 5.52. The van der Waals surface area contributed by atoms with Crippen molar-refractivity contribution in [2.45, 2.75) is 26.7 Å². The normalized spacial score (nSPS) is 17.0. The van der Waals surface area contributed by atoms with Crippen LogP contribution in [0.15, 0.2) is 30.3 Å². The highest BCUT2D eigenvalue weighted by Crippen LogP contribution is 2.38. The number of fused-ring (bicyclic) bond motifs is 1. The summed E-state index contributed by atoms with van der Waals surface area (Å²) in [4.78, 5) is 23.1. The first-order valence-corrected chi connectivity index (χ1v) is 10.3. The number of benzene rings is 2. The number of rotatable bonds is 3. The third-order valence-electron chi connectivity index (χ3n) is 5.45. The molecule has 0 saturated carbocycles. The van der Waals surface area contributed by atoms with E-state index in [4.69, 9.17) is 33.2 Å². The fourth-order valence-corrected chi connectivity index (χ4v) is 4.26. The Morgan fingerprint density at radius 2 is 1.93 bits per heavy atom. The fourth-order valence-electron chi connectivity index (χ4n) is 3.97. The van der Waals surface area contributed by atoms with Gasteiger partial charge in [-0.05, 0) is 55.5 Å². The van der Waals surface area contributed by atoms with Crippen LogP contribution in [0.1, 0.15) is 24.2 Å². The Kier molecular flexibility index (Phi) is 5.36.